The maximum Gasteiger partial charge on any atom is 0.409 e. The van der Waals surface area contributed by atoms with Gasteiger partial charge in [0, 0.05) is 42.2 Å². The van der Waals surface area contributed by atoms with Gasteiger partial charge in [0.2, 0.25) is 0 Å². The third-order valence-electron chi connectivity index (χ3n) is 4.64. The van der Waals surface area contributed by atoms with E-state index >= 15 is 0 Å². The van der Waals surface area contributed by atoms with Crippen LogP contribution in [0, 0.1) is 0 Å². The monoisotopic (exact) mass is 412 g/mol. The van der Waals surface area contributed by atoms with Crippen molar-refractivity contribution in [2.24, 2.45) is 0 Å². The maximum absolute atomic E-state index is 12.8. The van der Waals surface area contributed by atoms with Crippen molar-refractivity contribution in [3.8, 4) is 0 Å². The second kappa shape index (κ2) is 10.1. The zero-order valence-electron chi connectivity index (χ0n) is 16.4. The van der Waals surface area contributed by atoms with E-state index in [-0.39, 0.29) is 17.8 Å². The molecule has 152 valence electrons. The van der Waals surface area contributed by atoms with Crippen LogP contribution >= 0.6 is 11.8 Å². The minimum atomic E-state index is -0.332. The first-order valence-electron chi connectivity index (χ1n) is 9.60. The van der Waals surface area contributed by atoms with Crippen LogP contribution < -0.4 is 0 Å². The summed E-state index contributed by atoms with van der Waals surface area (Å²) in [6.07, 6.45) is -0.332. The van der Waals surface area contributed by atoms with E-state index in [1.807, 2.05) is 36.4 Å². The molecule has 6 nitrogen and oxygen atoms in total. The van der Waals surface area contributed by atoms with E-state index in [1.165, 1.54) is 11.8 Å². The van der Waals surface area contributed by atoms with Crippen molar-refractivity contribution in [1.29, 1.82) is 0 Å². The van der Waals surface area contributed by atoms with Gasteiger partial charge in [0.05, 0.1) is 12.4 Å². The predicted molar refractivity (Wildman–Crippen MR) is 112 cm³/mol. The fourth-order valence-electron chi connectivity index (χ4n) is 3.06. The van der Waals surface area contributed by atoms with Crippen LogP contribution in [0.15, 0.2) is 59.5 Å². The zero-order chi connectivity index (χ0) is 20.6. The Balaban J connectivity index is 1.56. The largest absolute Gasteiger partial charge is 0.450 e. The van der Waals surface area contributed by atoms with Gasteiger partial charge in [-0.05, 0) is 25.1 Å². The first kappa shape index (κ1) is 20.9. The van der Waals surface area contributed by atoms with Crippen LogP contribution in [0.3, 0.4) is 0 Å². The molecular formula is C22H24N2O4S. The van der Waals surface area contributed by atoms with E-state index in [4.69, 9.17) is 4.74 Å². The number of piperazine rings is 1. The zero-order valence-corrected chi connectivity index (χ0v) is 17.2. The van der Waals surface area contributed by atoms with Gasteiger partial charge in [0.25, 0.3) is 5.91 Å². The van der Waals surface area contributed by atoms with Gasteiger partial charge in [-0.25, -0.2) is 4.79 Å². The van der Waals surface area contributed by atoms with Crippen LogP contribution in [-0.4, -0.2) is 66.1 Å². The smallest absolute Gasteiger partial charge is 0.409 e. The van der Waals surface area contributed by atoms with Gasteiger partial charge in [-0.15, -0.1) is 11.8 Å². The SMILES string of the molecule is CCOC(=O)N1CCN(C(=O)c2cccc(SCC(=O)c3ccccc3)c2)CC1. The molecule has 1 fully saturated rings. The molecular weight excluding hydrogens is 388 g/mol. The number of carbonyl (C=O) groups excluding carboxylic acids is 3. The molecule has 2 amide bonds. The lowest BCUT2D eigenvalue weighted by Gasteiger charge is -2.34. The van der Waals surface area contributed by atoms with Crippen LogP contribution in [0.2, 0.25) is 0 Å². The third-order valence-corrected chi connectivity index (χ3v) is 5.63. The quantitative estimate of drug-likeness (QED) is 0.536. The van der Waals surface area contributed by atoms with Crippen molar-refractivity contribution in [3.05, 3.63) is 65.7 Å². The molecule has 2 aromatic carbocycles. The topological polar surface area (TPSA) is 66.9 Å². The van der Waals surface area contributed by atoms with E-state index in [2.05, 4.69) is 0 Å². The Bertz CT molecular complexity index is 864. The lowest BCUT2D eigenvalue weighted by Crippen LogP contribution is -2.50. The Hall–Kier alpha value is -2.80. The number of carbonyl (C=O) groups is 3. The predicted octanol–water partition coefficient (Wildman–Crippen LogP) is 3.58. The molecule has 0 spiro atoms. The number of hydrogen-bond acceptors (Lipinski definition) is 5. The molecule has 0 aromatic heterocycles. The minimum Gasteiger partial charge on any atom is -0.450 e. The molecule has 1 aliphatic heterocycles. The van der Waals surface area contributed by atoms with Gasteiger partial charge in [0.1, 0.15) is 0 Å². The van der Waals surface area contributed by atoms with Crippen LogP contribution in [0.1, 0.15) is 27.6 Å². The van der Waals surface area contributed by atoms with E-state index in [9.17, 15) is 14.4 Å². The molecule has 0 aliphatic carbocycles. The Morgan fingerprint density at radius 3 is 2.24 bits per heavy atom. The third kappa shape index (κ3) is 5.60. The highest BCUT2D eigenvalue weighted by Crippen LogP contribution is 2.21. The number of thioether (sulfide) groups is 1. The molecule has 1 heterocycles. The van der Waals surface area contributed by atoms with Crippen LogP contribution in [0.4, 0.5) is 4.79 Å². The van der Waals surface area contributed by atoms with Crippen molar-refractivity contribution in [3.63, 3.8) is 0 Å². The Kier molecular flexibility index (Phi) is 7.30. The number of benzene rings is 2. The fourth-order valence-corrected chi connectivity index (χ4v) is 3.91. The Labute approximate surface area is 174 Å². The summed E-state index contributed by atoms with van der Waals surface area (Å²) in [6, 6.07) is 16.5. The van der Waals surface area contributed by atoms with Gasteiger partial charge in [0.15, 0.2) is 5.78 Å². The van der Waals surface area contributed by atoms with Crippen LogP contribution in [-0.2, 0) is 4.74 Å². The summed E-state index contributed by atoms with van der Waals surface area (Å²) in [5, 5.41) is 0. The highest BCUT2D eigenvalue weighted by Gasteiger charge is 2.25. The van der Waals surface area contributed by atoms with Gasteiger partial charge < -0.3 is 14.5 Å². The molecule has 7 heteroatoms. The average molecular weight is 413 g/mol. The van der Waals surface area contributed by atoms with Gasteiger partial charge in [-0.1, -0.05) is 36.4 Å². The lowest BCUT2D eigenvalue weighted by molar-refractivity contribution is 0.0570. The lowest BCUT2D eigenvalue weighted by atomic mass is 10.2. The molecule has 0 unspecified atom stereocenters. The highest BCUT2D eigenvalue weighted by atomic mass is 32.2. The summed E-state index contributed by atoms with van der Waals surface area (Å²) < 4.78 is 5.01. The maximum atomic E-state index is 12.8. The van der Waals surface area contributed by atoms with Gasteiger partial charge in [-0.2, -0.15) is 0 Å². The Morgan fingerprint density at radius 2 is 1.55 bits per heavy atom. The number of ketones is 1. The van der Waals surface area contributed by atoms with Crippen molar-refractivity contribution in [1.82, 2.24) is 9.80 Å². The standard InChI is InChI=1S/C22H24N2O4S/c1-2-28-22(27)24-13-11-23(12-14-24)21(26)18-9-6-10-19(15-18)29-16-20(25)17-7-4-3-5-8-17/h3-10,15H,2,11-14,16H2,1H3. The summed E-state index contributed by atoms with van der Waals surface area (Å²) in [7, 11) is 0. The number of rotatable bonds is 6. The number of nitrogens with zero attached hydrogens (tertiary/aromatic N) is 2. The summed E-state index contributed by atoms with van der Waals surface area (Å²) in [5.74, 6) is 0.313. The second-order valence-electron chi connectivity index (χ2n) is 6.58. The van der Waals surface area contributed by atoms with Crippen molar-refractivity contribution >= 4 is 29.5 Å². The van der Waals surface area contributed by atoms with Gasteiger partial charge >= 0.3 is 6.09 Å². The minimum absolute atomic E-state index is 0.0578. The number of ether oxygens (including phenoxy) is 1. The molecule has 0 bridgehead atoms. The van der Waals surface area contributed by atoms with E-state index in [0.717, 1.165) is 4.90 Å². The number of Topliss-reactive ketones (excluding diaryl/α,β-unsaturated/α-hetero) is 1. The molecule has 0 N–H and O–H groups in total. The summed E-state index contributed by atoms with van der Waals surface area (Å²) in [6.45, 7) is 3.99. The van der Waals surface area contributed by atoms with E-state index in [1.54, 1.807) is 34.9 Å². The van der Waals surface area contributed by atoms with Gasteiger partial charge in [-0.3, -0.25) is 9.59 Å². The molecule has 1 aliphatic rings. The second-order valence-corrected chi connectivity index (χ2v) is 7.63. The number of hydrogen-bond donors (Lipinski definition) is 0. The summed E-state index contributed by atoms with van der Waals surface area (Å²) in [4.78, 5) is 41.1. The van der Waals surface area contributed by atoms with Crippen molar-refractivity contribution in [2.45, 2.75) is 11.8 Å². The highest BCUT2D eigenvalue weighted by molar-refractivity contribution is 8.00. The first-order chi connectivity index (χ1) is 14.1. The average Bonchev–Trinajstić information content (AvgIpc) is 2.78. The molecule has 2 aromatic rings. The normalized spacial score (nSPS) is 13.8. The van der Waals surface area contributed by atoms with E-state index < -0.39 is 0 Å². The first-order valence-corrected chi connectivity index (χ1v) is 10.6. The van der Waals surface area contributed by atoms with Crippen LogP contribution in [0.25, 0.3) is 0 Å². The van der Waals surface area contributed by atoms with Crippen molar-refractivity contribution in [2.75, 3.05) is 38.5 Å². The summed E-state index contributed by atoms with van der Waals surface area (Å²) in [5.41, 5.74) is 1.28. The molecule has 0 saturated carbocycles. The van der Waals surface area contributed by atoms with Crippen LogP contribution in [0.5, 0.6) is 0 Å². The molecule has 3 rings (SSSR count). The molecule has 29 heavy (non-hydrogen) atoms. The fraction of sp³-hybridized carbons (Fsp3) is 0.318. The number of amides is 2. The molecule has 0 atom stereocenters. The Morgan fingerprint density at radius 1 is 0.897 bits per heavy atom. The molecule has 0 radical (unpaired) electrons. The summed E-state index contributed by atoms with van der Waals surface area (Å²) >= 11 is 1.42. The van der Waals surface area contributed by atoms with Crippen molar-refractivity contribution < 1.29 is 19.1 Å². The molecule has 1 saturated heterocycles. The van der Waals surface area contributed by atoms with E-state index in [0.29, 0.717) is 49.7 Å².